The first-order chi connectivity index (χ1) is 7.15. The van der Waals surface area contributed by atoms with Crippen molar-refractivity contribution in [3.63, 3.8) is 0 Å². The lowest BCUT2D eigenvalue weighted by molar-refractivity contribution is 0.183. The fraction of sp³-hybridized carbons (Fsp3) is 0.200. The van der Waals surface area contributed by atoms with Crippen LogP contribution >= 0.6 is 11.6 Å². The highest BCUT2D eigenvalue weighted by Crippen LogP contribution is 2.10. The first kappa shape index (κ1) is 11.5. The highest BCUT2D eigenvalue weighted by atomic mass is 35.5. The van der Waals surface area contributed by atoms with E-state index in [2.05, 4.69) is 4.99 Å². The number of hydrogen-bond acceptors (Lipinski definition) is 3. The highest BCUT2D eigenvalue weighted by Gasteiger charge is 2.14. The molecular weight excluding hydrogens is 216 g/mol. The van der Waals surface area contributed by atoms with Gasteiger partial charge in [0.2, 0.25) is 5.29 Å². The molecule has 5 heteroatoms. The molecule has 4 nitrogen and oxygen atoms in total. The highest BCUT2D eigenvalue weighted by molar-refractivity contribution is 6.65. The van der Waals surface area contributed by atoms with Gasteiger partial charge in [0.25, 0.3) is 0 Å². The molecule has 0 bridgehead atoms. The molecule has 0 aliphatic rings. The number of ether oxygens (including phenoxy) is 1. The fourth-order valence-corrected chi connectivity index (χ4v) is 0.952. The molecule has 1 aromatic rings. The molecule has 0 unspecified atom stereocenters. The van der Waals surface area contributed by atoms with Gasteiger partial charge in [-0.05, 0) is 23.7 Å². The molecule has 1 aromatic carbocycles. The average molecular weight is 227 g/mol. The number of amides is 1. The molecule has 0 spiro atoms. The molecule has 0 N–H and O–H groups in total. The normalized spacial score (nSPS) is 11.0. The predicted octanol–water partition coefficient (Wildman–Crippen LogP) is 2.34. The predicted molar refractivity (Wildman–Crippen MR) is 59.4 cm³/mol. The minimum atomic E-state index is -0.572. The number of aliphatic imine (C=N–C) groups is 1. The maximum atomic E-state index is 11.5. The van der Waals surface area contributed by atoms with Crippen LogP contribution < -0.4 is 4.74 Å². The van der Waals surface area contributed by atoms with E-state index in [4.69, 9.17) is 16.3 Å². The van der Waals surface area contributed by atoms with E-state index >= 15 is 0 Å². The minimum absolute atomic E-state index is 0.0796. The van der Waals surface area contributed by atoms with Crippen LogP contribution in [0.2, 0.25) is 0 Å². The van der Waals surface area contributed by atoms with E-state index in [1.165, 1.54) is 14.1 Å². The molecule has 0 aromatic heterocycles. The number of carbonyl (C=O) groups is 1. The van der Waals surface area contributed by atoms with Crippen LogP contribution in [-0.4, -0.2) is 30.4 Å². The Bertz CT molecular complexity index is 365. The van der Waals surface area contributed by atoms with Crippen molar-refractivity contribution in [1.29, 1.82) is 0 Å². The van der Waals surface area contributed by atoms with Gasteiger partial charge in [-0.1, -0.05) is 18.2 Å². The Morgan fingerprint density at radius 3 is 2.53 bits per heavy atom. The van der Waals surface area contributed by atoms with Gasteiger partial charge in [0.05, 0.1) is 0 Å². The molecule has 0 saturated carbocycles. The Hall–Kier alpha value is -1.55. The van der Waals surface area contributed by atoms with Gasteiger partial charge >= 0.3 is 6.09 Å². The van der Waals surface area contributed by atoms with Gasteiger partial charge in [0.15, 0.2) is 0 Å². The summed E-state index contributed by atoms with van der Waals surface area (Å²) in [6.07, 6.45) is -0.572. The van der Waals surface area contributed by atoms with E-state index in [-0.39, 0.29) is 5.29 Å². The zero-order valence-electron chi connectivity index (χ0n) is 8.48. The summed E-state index contributed by atoms with van der Waals surface area (Å²) in [4.78, 5) is 16.2. The largest absolute Gasteiger partial charge is 0.421 e. The summed E-state index contributed by atoms with van der Waals surface area (Å²) >= 11 is 5.65. The zero-order valence-corrected chi connectivity index (χ0v) is 9.23. The van der Waals surface area contributed by atoms with Gasteiger partial charge in [-0.15, -0.1) is 0 Å². The van der Waals surface area contributed by atoms with Crippen molar-refractivity contribution >= 4 is 23.0 Å². The fourth-order valence-electron chi connectivity index (χ4n) is 0.883. The first-order valence-corrected chi connectivity index (χ1v) is 4.66. The summed E-state index contributed by atoms with van der Waals surface area (Å²) in [7, 11) is 2.98. The Labute approximate surface area is 93.1 Å². The van der Waals surface area contributed by atoms with Crippen LogP contribution in [0.15, 0.2) is 35.3 Å². The van der Waals surface area contributed by atoms with Crippen molar-refractivity contribution in [2.75, 3.05) is 14.1 Å². The quantitative estimate of drug-likeness (QED) is 0.419. The molecule has 1 amide bonds. The van der Waals surface area contributed by atoms with E-state index in [1.54, 1.807) is 24.3 Å². The number of hydrogen-bond donors (Lipinski definition) is 0. The van der Waals surface area contributed by atoms with E-state index in [0.717, 1.165) is 4.90 Å². The number of amidine groups is 1. The number of nitrogens with zero attached hydrogens (tertiary/aromatic N) is 2. The molecule has 80 valence electrons. The van der Waals surface area contributed by atoms with Crippen molar-refractivity contribution in [2.45, 2.75) is 0 Å². The lowest BCUT2D eigenvalue weighted by Gasteiger charge is -2.13. The van der Waals surface area contributed by atoms with E-state index in [0.29, 0.717) is 5.75 Å². The maximum Gasteiger partial charge on any atom is 0.421 e. The van der Waals surface area contributed by atoms with Crippen LogP contribution in [0.25, 0.3) is 0 Å². The summed E-state index contributed by atoms with van der Waals surface area (Å²) in [6.45, 7) is 0. The van der Waals surface area contributed by atoms with Crippen LogP contribution in [0.4, 0.5) is 4.79 Å². The molecule has 0 aliphatic carbocycles. The van der Waals surface area contributed by atoms with Gasteiger partial charge in [-0.25, -0.2) is 4.79 Å². The number of carbonyl (C=O) groups excluding carboxylic acids is 1. The Morgan fingerprint density at radius 1 is 1.40 bits per heavy atom. The maximum absolute atomic E-state index is 11.5. The Kier molecular flexibility index (Phi) is 4.12. The van der Waals surface area contributed by atoms with Crippen molar-refractivity contribution in [1.82, 2.24) is 4.90 Å². The third-order valence-electron chi connectivity index (χ3n) is 1.68. The number of rotatable bonds is 1. The Morgan fingerprint density at radius 2 is 2.00 bits per heavy atom. The molecular formula is C10H11ClN2O2. The SMILES string of the molecule is CN=C(Cl)N(C)C(=O)Oc1ccccc1. The summed E-state index contributed by atoms with van der Waals surface area (Å²) in [6, 6.07) is 8.75. The third kappa shape index (κ3) is 3.25. The van der Waals surface area contributed by atoms with Crippen molar-refractivity contribution < 1.29 is 9.53 Å². The number of para-hydroxylation sites is 1. The third-order valence-corrected chi connectivity index (χ3v) is 2.11. The molecule has 15 heavy (non-hydrogen) atoms. The summed E-state index contributed by atoms with van der Waals surface area (Å²) < 4.78 is 5.02. The lowest BCUT2D eigenvalue weighted by Crippen LogP contribution is -2.32. The average Bonchev–Trinajstić information content (AvgIpc) is 2.28. The van der Waals surface area contributed by atoms with Gasteiger partial charge < -0.3 is 4.74 Å². The number of halogens is 1. The van der Waals surface area contributed by atoms with Crippen LogP contribution in [0.5, 0.6) is 5.75 Å². The second kappa shape index (κ2) is 5.36. The monoisotopic (exact) mass is 226 g/mol. The summed E-state index contributed by atoms with van der Waals surface area (Å²) in [5, 5.41) is 0.0796. The molecule has 0 radical (unpaired) electrons. The second-order valence-corrected chi connectivity index (χ2v) is 3.07. The standard InChI is InChI=1S/C10H11ClN2O2/c1-12-9(11)13(2)10(14)15-8-6-4-3-5-7-8/h3-7H,1-2H3. The van der Waals surface area contributed by atoms with Gasteiger partial charge in [0.1, 0.15) is 5.75 Å². The van der Waals surface area contributed by atoms with Crippen LogP contribution in [0, 0.1) is 0 Å². The number of benzene rings is 1. The van der Waals surface area contributed by atoms with Crippen LogP contribution in [0.3, 0.4) is 0 Å². The van der Waals surface area contributed by atoms with Crippen molar-refractivity contribution in [3.8, 4) is 5.75 Å². The molecule has 0 saturated heterocycles. The van der Waals surface area contributed by atoms with Gasteiger partial charge in [-0.3, -0.25) is 9.89 Å². The summed E-state index contributed by atoms with van der Waals surface area (Å²) in [5.74, 6) is 0.468. The summed E-state index contributed by atoms with van der Waals surface area (Å²) in [5.41, 5.74) is 0. The molecule has 0 heterocycles. The topological polar surface area (TPSA) is 41.9 Å². The molecule has 1 rings (SSSR count). The van der Waals surface area contributed by atoms with Gasteiger partial charge in [-0.2, -0.15) is 0 Å². The first-order valence-electron chi connectivity index (χ1n) is 4.28. The minimum Gasteiger partial charge on any atom is -0.410 e. The van der Waals surface area contributed by atoms with Crippen LogP contribution in [0.1, 0.15) is 0 Å². The van der Waals surface area contributed by atoms with Crippen LogP contribution in [-0.2, 0) is 0 Å². The smallest absolute Gasteiger partial charge is 0.410 e. The van der Waals surface area contributed by atoms with Crippen molar-refractivity contribution in [2.24, 2.45) is 4.99 Å². The van der Waals surface area contributed by atoms with Gasteiger partial charge in [0, 0.05) is 14.1 Å². The second-order valence-electron chi connectivity index (χ2n) is 2.73. The van der Waals surface area contributed by atoms with E-state index in [9.17, 15) is 4.79 Å². The van der Waals surface area contributed by atoms with E-state index in [1.807, 2.05) is 6.07 Å². The molecule has 0 atom stereocenters. The molecule has 0 fully saturated rings. The van der Waals surface area contributed by atoms with Crippen molar-refractivity contribution in [3.05, 3.63) is 30.3 Å². The Balaban J connectivity index is 2.64. The van der Waals surface area contributed by atoms with E-state index < -0.39 is 6.09 Å². The molecule has 0 aliphatic heterocycles. The lowest BCUT2D eigenvalue weighted by atomic mass is 10.3. The zero-order chi connectivity index (χ0) is 11.3.